The second-order valence-corrected chi connectivity index (χ2v) is 5.73. The predicted octanol–water partition coefficient (Wildman–Crippen LogP) is -0.670. The molecule has 0 bridgehead atoms. The second-order valence-electron chi connectivity index (χ2n) is 5.73. The zero-order valence-corrected chi connectivity index (χ0v) is 12.6. The summed E-state index contributed by atoms with van der Waals surface area (Å²) in [7, 11) is 1.43. The van der Waals surface area contributed by atoms with E-state index >= 15 is 0 Å². The van der Waals surface area contributed by atoms with Gasteiger partial charge in [0.05, 0.1) is 6.10 Å². The Balaban J connectivity index is 2.57. The Kier molecular flexibility index (Phi) is 5.95. The molecule has 3 amide bonds. The Bertz CT molecular complexity index is 413. The molecule has 1 rings (SSSR count). The lowest BCUT2D eigenvalue weighted by molar-refractivity contribution is -0.141. The lowest BCUT2D eigenvalue weighted by Gasteiger charge is -2.27. The van der Waals surface area contributed by atoms with Crippen LogP contribution in [-0.4, -0.2) is 76.7 Å². The van der Waals surface area contributed by atoms with E-state index in [1.807, 2.05) is 13.8 Å². The van der Waals surface area contributed by atoms with Crippen molar-refractivity contribution >= 4 is 17.9 Å². The van der Waals surface area contributed by atoms with Crippen molar-refractivity contribution in [1.82, 2.24) is 15.1 Å². The van der Waals surface area contributed by atoms with E-state index in [-0.39, 0.29) is 25.4 Å². The lowest BCUT2D eigenvalue weighted by atomic mass is 10.2. The van der Waals surface area contributed by atoms with Gasteiger partial charge >= 0.3 is 12.0 Å². The maximum atomic E-state index is 12.2. The minimum Gasteiger partial charge on any atom is -0.480 e. The number of carbonyl (C=O) groups excluding carboxylic acids is 2. The molecule has 2 atom stereocenters. The standard InChI is InChI=1S/C13H23N3O5/c1-8(2)5-14-11(18)7-15(3)13(21)16-6-9(17)4-10(16)12(19)20/h8-10,17H,4-7H2,1-3H3,(H,14,18)(H,19,20)/t9?,10-/m0/s1. The van der Waals surface area contributed by atoms with Gasteiger partial charge in [-0.25, -0.2) is 9.59 Å². The van der Waals surface area contributed by atoms with Crippen molar-refractivity contribution in [3.63, 3.8) is 0 Å². The SMILES string of the molecule is CC(C)CNC(=O)CN(C)C(=O)N1CC(O)C[C@H]1C(=O)O. The highest BCUT2D eigenvalue weighted by molar-refractivity contribution is 5.87. The number of nitrogens with one attached hydrogen (secondary N) is 1. The fourth-order valence-electron chi connectivity index (χ4n) is 2.14. The molecule has 0 spiro atoms. The van der Waals surface area contributed by atoms with E-state index in [1.54, 1.807) is 0 Å². The molecule has 8 heteroatoms. The van der Waals surface area contributed by atoms with Crippen LogP contribution in [0.4, 0.5) is 4.79 Å². The van der Waals surface area contributed by atoms with Crippen molar-refractivity contribution in [2.45, 2.75) is 32.4 Å². The normalized spacial score (nSPS) is 21.5. The van der Waals surface area contributed by atoms with Crippen LogP contribution in [0.5, 0.6) is 0 Å². The van der Waals surface area contributed by atoms with Gasteiger partial charge in [0.25, 0.3) is 0 Å². The van der Waals surface area contributed by atoms with Gasteiger partial charge in [-0.15, -0.1) is 0 Å². The molecule has 1 fully saturated rings. The van der Waals surface area contributed by atoms with Gasteiger partial charge in [-0.1, -0.05) is 13.8 Å². The molecule has 120 valence electrons. The zero-order valence-electron chi connectivity index (χ0n) is 12.6. The first-order valence-corrected chi connectivity index (χ1v) is 6.91. The van der Waals surface area contributed by atoms with Crippen molar-refractivity contribution in [3.05, 3.63) is 0 Å². The summed E-state index contributed by atoms with van der Waals surface area (Å²) >= 11 is 0. The third-order valence-electron chi connectivity index (χ3n) is 3.22. The van der Waals surface area contributed by atoms with E-state index in [0.29, 0.717) is 12.5 Å². The first-order valence-electron chi connectivity index (χ1n) is 6.91. The van der Waals surface area contributed by atoms with Gasteiger partial charge in [-0.05, 0) is 5.92 Å². The number of aliphatic hydroxyl groups is 1. The maximum absolute atomic E-state index is 12.2. The van der Waals surface area contributed by atoms with Crippen molar-refractivity contribution in [2.75, 3.05) is 26.7 Å². The highest BCUT2D eigenvalue weighted by Gasteiger charge is 2.40. The van der Waals surface area contributed by atoms with Gasteiger partial charge in [0.15, 0.2) is 0 Å². The molecule has 0 aliphatic carbocycles. The predicted molar refractivity (Wildman–Crippen MR) is 74.6 cm³/mol. The molecule has 8 nitrogen and oxygen atoms in total. The maximum Gasteiger partial charge on any atom is 0.326 e. The number of likely N-dealkylation sites (tertiary alicyclic amines) is 1. The molecular formula is C13H23N3O5. The number of rotatable bonds is 5. The molecule has 0 aromatic carbocycles. The minimum atomic E-state index is -1.16. The van der Waals surface area contributed by atoms with Gasteiger partial charge in [0.1, 0.15) is 12.6 Å². The highest BCUT2D eigenvalue weighted by Crippen LogP contribution is 2.19. The van der Waals surface area contributed by atoms with Crippen LogP contribution < -0.4 is 5.32 Å². The number of carboxylic acid groups (broad SMARTS) is 1. The van der Waals surface area contributed by atoms with E-state index in [9.17, 15) is 19.5 Å². The monoisotopic (exact) mass is 301 g/mol. The van der Waals surface area contributed by atoms with Gasteiger partial charge in [0.2, 0.25) is 5.91 Å². The summed E-state index contributed by atoms with van der Waals surface area (Å²) in [6, 6.07) is -1.62. The van der Waals surface area contributed by atoms with Crippen molar-refractivity contribution < 1.29 is 24.6 Å². The van der Waals surface area contributed by atoms with Gasteiger partial charge in [0, 0.05) is 26.6 Å². The van der Waals surface area contributed by atoms with Crippen LogP contribution in [0.25, 0.3) is 0 Å². The topological polar surface area (TPSA) is 110 Å². The van der Waals surface area contributed by atoms with Crippen LogP contribution >= 0.6 is 0 Å². The van der Waals surface area contributed by atoms with Crippen LogP contribution in [0.1, 0.15) is 20.3 Å². The molecule has 0 aromatic rings. The number of aliphatic carboxylic acids is 1. The molecule has 1 unspecified atom stereocenters. The van der Waals surface area contributed by atoms with Crippen LogP contribution in [0, 0.1) is 5.92 Å². The molecule has 21 heavy (non-hydrogen) atoms. The Morgan fingerprint density at radius 3 is 2.52 bits per heavy atom. The number of hydrogen-bond acceptors (Lipinski definition) is 4. The Morgan fingerprint density at radius 2 is 2.00 bits per heavy atom. The number of carboxylic acids is 1. The van der Waals surface area contributed by atoms with E-state index < -0.39 is 24.1 Å². The first-order chi connectivity index (χ1) is 9.72. The average Bonchev–Trinajstić information content (AvgIpc) is 2.77. The zero-order chi connectivity index (χ0) is 16.2. The van der Waals surface area contributed by atoms with Gasteiger partial charge < -0.3 is 25.3 Å². The third kappa shape index (κ3) is 4.89. The molecule has 0 radical (unpaired) electrons. The number of nitrogens with zero attached hydrogens (tertiary/aromatic N) is 2. The third-order valence-corrected chi connectivity index (χ3v) is 3.22. The number of aliphatic hydroxyl groups excluding tert-OH is 1. The smallest absolute Gasteiger partial charge is 0.326 e. The van der Waals surface area contributed by atoms with E-state index in [2.05, 4.69) is 5.32 Å². The summed E-state index contributed by atoms with van der Waals surface area (Å²) in [6.07, 6.45) is -0.840. The van der Waals surface area contributed by atoms with Crippen molar-refractivity contribution in [1.29, 1.82) is 0 Å². The number of urea groups is 1. The second kappa shape index (κ2) is 7.26. The molecule has 0 aromatic heterocycles. The number of hydrogen-bond donors (Lipinski definition) is 3. The molecular weight excluding hydrogens is 278 g/mol. The number of carbonyl (C=O) groups is 3. The summed E-state index contributed by atoms with van der Waals surface area (Å²) in [6.45, 7) is 4.25. The van der Waals surface area contributed by atoms with Crippen LogP contribution in [0.2, 0.25) is 0 Å². The van der Waals surface area contributed by atoms with Crippen LogP contribution in [-0.2, 0) is 9.59 Å². The van der Waals surface area contributed by atoms with Crippen molar-refractivity contribution in [3.8, 4) is 0 Å². The molecule has 1 aliphatic rings. The lowest BCUT2D eigenvalue weighted by Crippen LogP contribution is -2.49. The van der Waals surface area contributed by atoms with E-state index in [4.69, 9.17) is 5.11 Å². The summed E-state index contributed by atoms with van der Waals surface area (Å²) in [5.41, 5.74) is 0. The number of β-amino-alcohol motifs (C(OH)–C–C–N with tert-alkyl or cyclic N) is 1. The van der Waals surface area contributed by atoms with E-state index in [0.717, 1.165) is 9.80 Å². The molecule has 1 heterocycles. The number of likely N-dealkylation sites (N-methyl/N-ethyl adjacent to an activating group) is 1. The van der Waals surface area contributed by atoms with Crippen LogP contribution in [0.3, 0.4) is 0 Å². The van der Waals surface area contributed by atoms with Gasteiger partial charge in [-0.2, -0.15) is 0 Å². The molecule has 1 saturated heterocycles. The Hall–Kier alpha value is -1.83. The molecule has 1 aliphatic heterocycles. The highest BCUT2D eigenvalue weighted by atomic mass is 16.4. The van der Waals surface area contributed by atoms with Gasteiger partial charge in [-0.3, -0.25) is 4.79 Å². The van der Waals surface area contributed by atoms with E-state index in [1.165, 1.54) is 7.05 Å². The Labute approximate surface area is 123 Å². The summed E-state index contributed by atoms with van der Waals surface area (Å²) in [5.74, 6) is -1.15. The molecule has 3 N–H and O–H groups in total. The largest absolute Gasteiger partial charge is 0.480 e. The summed E-state index contributed by atoms with van der Waals surface area (Å²) in [4.78, 5) is 37.2. The fraction of sp³-hybridized carbons (Fsp3) is 0.769. The molecule has 0 saturated carbocycles. The van der Waals surface area contributed by atoms with Crippen molar-refractivity contribution in [2.24, 2.45) is 5.92 Å². The summed E-state index contributed by atoms with van der Waals surface area (Å²) < 4.78 is 0. The quantitative estimate of drug-likeness (QED) is 0.624. The Morgan fingerprint density at radius 1 is 1.38 bits per heavy atom. The van der Waals surface area contributed by atoms with Crippen LogP contribution in [0.15, 0.2) is 0 Å². The number of amides is 3. The average molecular weight is 301 g/mol. The fourth-order valence-corrected chi connectivity index (χ4v) is 2.14. The minimum absolute atomic E-state index is 0.00839. The summed E-state index contributed by atoms with van der Waals surface area (Å²) in [5, 5.41) is 21.3. The first kappa shape index (κ1) is 17.2.